The second-order valence-electron chi connectivity index (χ2n) is 2.95. The lowest BCUT2D eigenvalue weighted by atomic mass is 9.94. The van der Waals surface area contributed by atoms with E-state index < -0.39 is 0 Å². The molecule has 1 aromatic heterocycles. The number of aromatic nitrogens is 2. The molecule has 56 valence electrons. The van der Waals surface area contributed by atoms with Gasteiger partial charge in [-0.3, -0.25) is 0 Å². The first-order valence-corrected chi connectivity index (χ1v) is 4.14. The molecule has 0 aliphatic heterocycles. The van der Waals surface area contributed by atoms with Crippen LogP contribution in [0.4, 0.5) is 0 Å². The van der Waals surface area contributed by atoms with E-state index in [1.54, 1.807) is 6.33 Å². The molecule has 0 radical (unpaired) electrons. The third-order valence-electron chi connectivity index (χ3n) is 2.03. The number of nitrogens with zero attached hydrogens (tertiary/aromatic N) is 2. The summed E-state index contributed by atoms with van der Waals surface area (Å²) in [5.41, 5.74) is 2.20. The summed E-state index contributed by atoms with van der Waals surface area (Å²) >= 11 is 5.83. The first-order valence-electron chi connectivity index (χ1n) is 3.76. The van der Waals surface area contributed by atoms with Crippen molar-refractivity contribution in [1.82, 2.24) is 9.97 Å². The van der Waals surface area contributed by atoms with E-state index in [4.69, 9.17) is 11.6 Å². The van der Waals surface area contributed by atoms with Crippen LogP contribution in [0.25, 0.3) is 0 Å². The molecule has 0 unspecified atom stereocenters. The Labute approximate surface area is 71.4 Å². The van der Waals surface area contributed by atoms with Gasteiger partial charge >= 0.3 is 0 Å². The van der Waals surface area contributed by atoms with Crippen molar-refractivity contribution in [3.05, 3.63) is 17.2 Å². The zero-order valence-electron chi connectivity index (χ0n) is 6.34. The molecule has 0 atom stereocenters. The summed E-state index contributed by atoms with van der Waals surface area (Å²) < 4.78 is 0. The van der Waals surface area contributed by atoms with E-state index in [1.165, 1.54) is 12.8 Å². The third-order valence-corrected chi connectivity index (χ3v) is 2.41. The fourth-order valence-corrected chi connectivity index (χ4v) is 1.35. The molecule has 1 aliphatic carbocycles. The Bertz CT molecular complexity index is 286. The predicted octanol–water partition coefficient (Wildman–Crippen LogP) is 0.266. The lowest BCUT2D eigenvalue weighted by Crippen LogP contribution is -2.14. The Balaban J connectivity index is 2.45. The van der Waals surface area contributed by atoms with E-state index >= 15 is 0 Å². The van der Waals surface area contributed by atoms with Gasteiger partial charge in [0.05, 0.1) is 0 Å². The summed E-state index contributed by atoms with van der Waals surface area (Å²) in [4.78, 5) is 8.11. The Kier molecular flexibility index (Phi) is 1.60. The van der Waals surface area contributed by atoms with Gasteiger partial charge in [-0.15, -0.1) is 0 Å². The molecule has 1 heterocycles. The Hall–Kier alpha value is -0.565. The van der Waals surface area contributed by atoms with Crippen molar-refractivity contribution in [2.24, 2.45) is 0 Å². The zero-order valence-corrected chi connectivity index (χ0v) is 7.10. The van der Waals surface area contributed by atoms with Crippen molar-refractivity contribution in [3.63, 3.8) is 0 Å². The minimum Gasteiger partial charge on any atom is -0.242 e. The number of hydrogen-bond donors (Lipinski definition) is 0. The summed E-state index contributed by atoms with van der Waals surface area (Å²) in [6, 6.07) is 0. The van der Waals surface area contributed by atoms with Crippen LogP contribution in [-0.2, 0) is 0 Å². The molecular formula is C7H8BClN2. The smallest absolute Gasteiger partial charge is 0.145 e. The van der Waals surface area contributed by atoms with Gasteiger partial charge < -0.3 is 0 Å². The fraction of sp³-hybridized carbons (Fsp3) is 0.429. The highest BCUT2D eigenvalue weighted by atomic mass is 35.5. The molecule has 1 saturated carbocycles. The summed E-state index contributed by atoms with van der Waals surface area (Å²) in [6.07, 6.45) is 4.06. The van der Waals surface area contributed by atoms with Gasteiger partial charge in [-0.2, -0.15) is 0 Å². The molecule has 11 heavy (non-hydrogen) atoms. The number of rotatable bonds is 1. The second-order valence-corrected chi connectivity index (χ2v) is 3.31. The quantitative estimate of drug-likeness (QED) is 0.442. The van der Waals surface area contributed by atoms with Crippen LogP contribution >= 0.6 is 11.6 Å². The maximum absolute atomic E-state index is 5.83. The Morgan fingerprint density at radius 2 is 2.18 bits per heavy atom. The van der Waals surface area contributed by atoms with Gasteiger partial charge in [0.1, 0.15) is 19.3 Å². The average Bonchev–Trinajstić information content (AvgIpc) is 2.77. The molecule has 0 amide bonds. The van der Waals surface area contributed by atoms with Crippen molar-refractivity contribution < 1.29 is 0 Å². The second kappa shape index (κ2) is 2.49. The molecule has 2 rings (SSSR count). The fourth-order valence-electron chi connectivity index (χ4n) is 1.21. The molecule has 1 aliphatic rings. The summed E-state index contributed by atoms with van der Waals surface area (Å²) in [5, 5.41) is 0.599. The van der Waals surface area contributed by atoms with E-state index in [-0.39, 0.29) is 0 Å². The zero-order chi connectivity index (χ0) is 7.84. The van der Waals surface area contributed by atoms with Crippen LogP contribution in [0.3, 0.4) is 0 Å². The molecule has 0 bridgehead atoms. The summed E-state index contributed by atoms with van der Waals surface area (Å²) in [7, 11) is 1.98. The van der Waals surface area contributed by atoms with Gasteiger partial charge in [0, 0.05) is 11.6 Å². The Morgan fingerprint density at radius 1 is 1.45 bits per heavy atom. The molecule has 0 saturated heterocycles. The van der Waals surface area contributed by atoms with Gasteiger partial charge in [0.25, 0.3) is 0 Å². The van der Waals surface area contributed by atoms with E-state index in [1.807, 2.05) is 7.85 Å². The lowest BCUT2D eigenvalue weighted by molar-refractivity contribution is 1.00. The largest absolute Gasteiger partial charge is 0.242 e. The molecule has 1 fully saturated rings. The van der Waals surface area contributed by atoms with Gasteiger partial charge in [0.2, 0.25) is 0 Å². The van der Waals surface area contributed by atoms with Gasteiger partial charge in [-0.25, -0.2) is 9.97 Å². The SMILES string of the molecule is Bc1c(Cl)ncnc1C1CC1. The number of hydrogen-bond acceptors (Lipinski definition) is 2. The topological polar surface area (TPSA) is 25.8 Å². The molecule has 0 N–H and O–H groups in total. The highest BCUT2D eigenvalue weighted by molar-refractivity contribution is 6.44. The third kappa shape index (κ3) is 1.25. The van der Waals surface area contributed by atoms with Crippen molar-refractivity contribution in [3.8, 4) is 0 Å². The maximum atomic E-state index is 5.83. The van der Waals surface area contributed by atoms with Crippen molar-refractivity contribution in [2.75, 3.05) is 0 Å². The minimum atomic E-state index is 0.599. The molecule has 2 nitrogen and oxygen atoms in total. The molecule has 0 spiro atoms. The normalized spacial score (nSPS) is 16.8. The van der Waals surface area contributed by atoms with E-state index in [0.717, 1.165) is 11.2 Å². The van der Waals surface area contributed by atoms with Crippen LogP contribution in [0.15, 0.2) is 6.33 Å². The first-order chi connectivity index (χ1) is 5.29. The number of halogens is 1. The van der Waals surface area contributed by atoms with Crippen molar-refractivity contribution in [1.29, 1.82) is 0 Å². The van der Waals surface area contributed by atoms with Crippen LogP contribution in [0.2, 0.25) is 5.15 Å². The highest BCUT2D eigenvalue weighted by Gasteiger charge is 2.26. The molecule has 0 aromatic carbocycles. The molecular weight excluding hydrogens is 158 g/mol. The van der Waals surface area contributed by atoms with Crippen LogP contribution in [0, 0.1) is 0 Å². The lowest BCUT2D eigenvalue weighted by Gasteiger charge is -2.02. The molecule has 1 aromatic rings. The van der Waals surface area contributed by atoms with Gasteiger partial charge in [-0.05, 0) is 18.3 Å². The standard InChI is InChI=1S/C7H8BClN2/c8-5-6(4-1-2-4)10-3-11-7(5)9/h3-4H,1-2,8H2. The first kappa shape index (κ1) is 7.10. The van der Waals surface area contributed by atoms with Crippen LogP contribution in [0.1, 0.15) is 24.5 Å². The van der Waals surface area contributed by atoms with Crippen LogP contribution < -0.4 is 5.46 Å². The predicted molar refractivity (Wildman–Crippen MR) is 47.2 cm³/mol. The minimum absolute atomic E-state index is 0.599. The van der Waals surface area contributed by atoms with Crippen molar-refractivity contribution >= 4 is 24.9 Å². The van der Waals surface area contributed by atoms with E-state index in [0.29, 0.717) is 11.1 Å². The summed E-state index contributed by atoms with van der Waals surface area (Å²) in [5.74, 6) is 0.662. The van der Waals surface area contributed by atoms with Gasteiger partial charge in [0.15, 0.2) is 0 Å². The van der Waals surface area contributed by atoms with Crippen LogP contribution in [-0.4, -0.2) is 17.8 Å². The van der Waals surface area contributed by atoms with E-state index in [9.17, 15) is 0 Å². The van der Waals surface area contributed by atoms with Crippen LogP contribution in [0.5, 0.6) is 0 Å². The average molecular weight is 166 g/mol. The molecule has 4 heteroatoms. The van der Waals surface area contributed by atoms with Gasteiger partial charge in [-0.1, -0.05) is 11.6 Å². The van der Waals surface area contributed by atoms with Crippen molar-refractivity contribution in [2.45, 2.75) is 18.8 Å². The maximum Gasteiger partial charge on any atom is 0.145 e. The van der Waals surface area contributed by atoms with E-state index in [2.05, 4.69) is 9.97 Å². The Morgan fingerprint density at radius 3 is 2.82 bits per heavy atom. The highest BCUT2D eigenvalue weighted by Crippen LogP contribution is 2.38. The summed E-state index contributed by atoms with van der Waals surface area (Å²) in [6.45, 7) is 0. The monoisotopic (exact) mass is 166 g/mol.